The van der Waals surface area contributed by atoms with Gasteiger partial charge in [-0.05, 0) is 43.4 Å². The lowest BCUT2D eigenvalue weighted by atomic mass is 10.00. The number of aryl methyl sites for hydroxylation is 1. The molecule has 4 N–H and O–H groups in total. The molecule has 0 unspecified atom stereocenters. The summed E-state index contributed by atoms with van der Waals surface area (Å²) in [4.78, 5) is 23.2. The van der Waals surface area contributed by atoms with Gasteiger partial charge in [0.1, 0.15) is 0 Å². The summed E-state index contributed by atoms with van der Waals surface area (Å²) >= 11 is 0. The Balaban J connectivity index is 0.00000242. The van der Waals surface area contributed by atoms with Crippen molar-refractivity contribution in [1.29, 1.82) is 0 Å². The minimum atomic E-state index is -0.131. The average molecular weight is 326 g/mol. The van der Waals surface area contributed by atoms with Crippen molar-refractivity contribution >= 4 is 35.6 Å². The molecule has 1 saturated carbocycles. The second-order valence-electron chi connectivity index (χ2n) is 5.82. The van der Waals surface area contributed by atoms with Gasteiger partial charge in [-0.1, -0.05) is 12.5 Å². The summed E-state index contributed by atoms with van der Waals surface area (Å²) in [7, 11) is 0. The number of amides is 2. The molecule has 2 amide bonds. The van der Waals surface area contributed by atoms with Crippen molar-refractivity contribution in [1.82, 2.24) is 0 Å². The minimum absolute atomic E-state index is 0. The Bertz CT molecular complexity index is 548. The maximum Gasteiger partial charge on any atom is 0.224 e. The van der Waals surface area contributed by atoms with Crippen LogP contribution in [0.2, 0.25) is 0 Å². The molecule has 0 aliphatic heterocycles. The van der Waals surface area contributed by atoms with E-state index in [1.165, 1.54) is 6.92 Å². The van der Waals surface area contributed by atoms with Crippen molar-refractivity contribution in [2.75, 3.05) is 10.6 Å². The van der Waals surface area contributed by atoms with Gasteiger partial charge in [-0.3, -0.25) is 9.59 Å². The van der Waals surface area contributed by atoms with E-state index in [2.05, 4.69) is 10.6 Å². The second kappa shape index (κ2) is 8.15. The first kappa shape index (κ1) is 18.5. The average Bonchev–Trinajstić information content (AvgIpc) is 2.78. The van der Waals surface area contributed by atoms with Crippen molar-refractivity contribution < 1.29 is 9.59 Å². The molecule has 1 aliphatic carbocycles. The number of rotatable bonds is 4. The predicted molar refractivity (Wildman–Crippen MR) is 91.3 cm³/mol. The van der Waals surface area contributed by atoms with Crippen LogP contribution in [0.1, 0.15) is 38.2 Å². The normalized spacial score (nSPS) is 20.1. The van der Waals surface area contributed by atoms with Gasteiger partial charge in [-0.15, -0.1) is 12.4 Å². The van der Waals surface area contributed by atoms with Crippen LogP contribution in [0.4, 0.5) is 11.4 Å². The summed E-state index contributed by atoms with van der Waals surface area (Å²) in [6, 6.07) is 5.62. The first-order chi connectivity index (χ1) is 9.95. The third kappa shape index (κ3) is 5.00. The van der Waals surface area contributed by atoms with E-state index in [4.69, 9.17) is 5.73 Å². The van der Waals surface area contributed by atoms with Gasteiger partial charge in [0, 0.05) is 30.8 Å². The predicted octanol–water partition coefficient (Wildman–Crippen LogP) is 2.83. The molecule has 0 radical (unpaired) electrons. The van der Waals surface area contributed by atoms with E-state index in [9.17, 15) is 9.59 Å². The molecule has 1 fully saturated rings. The summed E-state index contributed by atoms with van der Waals surface area (Å²) in [5, 5.41) is 5.64. The zero-order valence-electron chi connectivity index (χ0n) is 13.0. The zero-order valence-corrected chi connectivity index (χ0v) is 13.8. The molecular weight excluding hydrogens is 302 g/mol. The van der Waals surface area contributed by atoms with Crippen molar-refractivity contribution in [2.24, 2.45) is 11.7 Å². The molecule has 0 heterocycles. The van der Waals surface area contributed by atoms with Crippen LogP contribution in [0.25, 0.3) is 0 Å². The number of anilines is 2. The maximum absolute atomic E-state index is 12.1. The van der Waals surface area contributed by atoms with E-state index in [1.54, 1.807) is 6.07 Å². The molecule has 6 heteroatoms. The molecule has 22 heavy (non-hydrogen) atoms. The van der Waals surface area contributed by atoms with Gasteiger partial charge in [-0.25, -0.2) is 0 Å². The fourth-order valence-corrected chi connectivity index (χ4v) is 2.80. The molecule has 5 nitrogen and oxygen atoms in total. The van der Waals surface area contributed by atoms with Gasteiger partial charge < -0.3 is 16.4 Å². The van der Waals surface area contributed by atoms with Crippen molar-refractivity contribution in [3.05, 3.63) is 23.8 Å². The molecule has 0 saturated heterocycles. The number of hydrogen-bond donors (Lipinski definition) is 3. The SMILES string of the molecule is CC(=O)Nc1ccc(C)c(NC(=O)C[C@@H]2CCC[C@H]2N)c1.Cl. The van der Waals surface area contributed by atoms with E-state index >= 15 is 0 Å². The number of halogens is 1. The van der Waals surface area contributed by atoms with Gasteiger partial charge in [0.2, 0.25) is 11.8 Å². The van der Waals surface area contributed by atoms with Crippen LogP contribution >= 0.6 is 12.4 Å². The lowest BCUT2D eigenvalue weighted by Crippen LogP contribution is -2.28. The number of benzene rings is 1. The smallest absolute Gasteiger partial charge is 0.224 e. The van der Waals surface area contributed by atoms with E-state index in [-0.39, 0.29) is 36.2 Å². The van der Waals surface area contributed by atoms with Crippen LogP contribution in [0.15, 0.2) is 18.2 Å². The monoisotopic (exact) mass is 325 g/mol. The van der Waals surface area contributed by atoms with Crippen molar-refractivity contribution in [3.8, 4) is 0 Å². The molecular formula is C16H24ClN3O2. The highest BCUT2D eigenvalue weighted by Crippen LogP contribution is 2.28. The maximum atomic E-state index is 12.1. The van der Waals surface area contributed by atoms with E-state index < -0.39 is 0 Å². The summed E-state index contributed by atoms with van der Waals surface area (Å²) < 4.78 is 0. The van der Waals surface area contributed by atoms with Crippen molar-refractivity contribution in [2.45, 2.75) is 45.6 Å². The number of nitrogens with two attached hydrogens (primary N) is 1. The number of hydrogen-bond acceptors (Lipinski definition) is 3. The van der Waals surface area contributed by atoms with Crippen molar-refractivity contribution in [3.63, 3.8) is 0 Å². The fraction of sp³-hybridized carbons (Fsp3) is 0.500. The molecule has 2 atom stereocenters. The second-order valence-corrected chi connectivity index (χ2v) is 5.82. The van der Waals surface area contributed by atoms with Gasteiger partial charge in [0.25, 0.3) is 0 Å². The van der Waals surface area contributed by atoms with E-state index in [0.717, 1.165) is 30.5 Å². The lowest BCUT2D eigenvalue weighted by Gasteiger charge is -2.16. The third-order valence-corrected chi connectivity index (χ3v) is 4.00. The van der Waals surface area contributed by atoms with Gasteiger partial charge in [0.05, 0.1) is 0 Å². The topological polar surface area (TPSA) is 84.2 Å². The quantitative estimate of drug-likeness (QED) is 0.795. The zero-order chi connectivity index (χ0) is 15.4. The first-order valence-electron chi connectivity index (χ1n) is 7.39. The van der Waals surface area contributed by atoms with Crippen LogP contribution < -0.4 is 16.4 Å². The minimum Gasteiger partial charge on any atom is -0.327 e. The molecule has 122 valence electrons. The molecule has 0 aromatic heterocycles. The first-order valence-corrected chi connectivity index (χ1v) is 7.39. The summed E-state index contributed by atoms with van der Waals surface area (Å²) in [5.74, 6) is 0.136. The molecule has 1 aromatic carbocycles. The molecule has 0 spiro atoms. The van der Waals surface area contributed by atoms with Crippen LogP contribution in [-0.2, 0) is 9.59 Å². The third-order valence-electron chi connectivity index (χ3n) is 4.00. The van der Waals surface area contributed by atoms with Crippen LogP contribution in [-0.4, -0.2) is 17.9 Å². The number of carbonyl (C=O) groups excluding carboxylic acids is 2. The summed E-state index contributed by atoms with van der Waals surface area (Å²) in [6.07, 6.45) is 3.61. The van der Waals surface area contributed by atoms with E-state index in [1.807, 2.05) is 19.1 Å². The molecule has 2 rings (SSSR count). The Hall–Kier alpha value is -1.59. The van der Waals surface area contributed by atoms with E-state index in [0.29, 0.717) is 12.1 Å². The summed E-state index contributed by atoms with van der Waals surface area (Å²) in [5.41, 5.74) is 8.38. The Morgan fingerprint density at radius 3 is 2.59 bits per heavy atom. The molecule has 1 aromatic rings. The Kier molecular flexibility index (Phi) is 6.84. The number of carbonyl (C=O) groups is 2. The fourth-order valence-electron chi connectivity index (χ4n) is 2.80. The lowest BCUT2D eigenvalue weighted by molar-refractivity contribution is -0.117. The van der Waals surface area contributed by atoms with Gasteiger partial charge in [-0.2, -0.15) is 0 Å². The highest BCUT2D eigenvalue weighted by Gasteiger charge is 2.26. The highest BCUT2D eigenvalue weighted by molar-refractivity contribution is 5.94. The van der Waals surface area contributed by atoms with Gasteiger partial charge in [0.15, 0.2) is 0 Å². The van der Waals surface area contributed by atoms with Crippen LogP contribution in [0.3, 0.4) is 0 Å². The highest BCUT2D eigenvalue weighted by atomic mass is 35.5. The Morgan fingerprint density at radius 2 is 2.00 bits per heavy atom. The Labute approximate surface area is 137 Å². The standard InChI is InChI=1S/C16H23N3O2.ClH/c1-10-6-7-13(18-11(2)20)9-15(10)19-16(21)8-12-4-3-5-14(12)17;/h6-7,9,12,14H,3-5,8,17H2,1-2H3,(H,18,20)(H,19,21);1H/t12-,14+;/m0./s1. The Morgan fingerprint density at radius 1 is 1.27 bits per heavy atom. The van der Waals surface area contributed by atoms with Crippen LogP contribution in [0.5, 0.6) is 0 Å². The summed E-state index contributed by atoms with van der Waals surface area (Å²) in [6.45, 7) is 3.38. The number of nitrogens with one attached hydrogen (secondary N) is 2. The molecule has 0 bridgehead atoms. The van der Waals surface area contributed by atoms with Gasteiger partial charge >= 0.3 is 0 Å². The molecule has 1 aliphatic rings. The largest absolute Gasteiger partial charge is 0.327 e. The van der Waals surface area contributed by atoms with Crippen LogP contribution in [0, 0.1) is 12.8 Å².